The van der Waals surface area contributed by atoms with Gasteiger partial charge in [0.15, 0.2) is 0 Å². The molecule has 2 aliphatic rings. The topological polar surface area (TPSA) is 260 Å². The first kappa shape index (κ1) is 63.8. The molecular weight excluding hydrogens is 1020 g/mol. The molecule has 0 aromatic heterocycles. The minimum Gasteiger partial charge on any atom is -0.378 e. The fourth-order valence-electron chi connectivity index (χ4n) is 3.84. The van der Waals surface area contributed by atoms with Gasteiger partial charge in [0.1, 0.15) is 25.4 Å². The van der Waals surface area contributed by atoms with Gasteiger partial charge in [-0.3, -0.25) is 23.0 Å². The number of allylic oxidation sites excluding steroid dienone is 1. The SMILES string of the molecule is C=CC=O.NP(=O)(O)N(CCCl)CCCl.NP(=O)(OCC=O)N(CCCl)CCCl.O=P1(N(CCCl)CCCl)N=CCCO1.O=P1(N(CCCl)CCCl)NC(O)CCO1. The van der Waals surface area contributed by atoms with Crippen molar-refractivity contribution in [2.24, 2.45) is 15.8 Å². The van der Waals surface area contributed by atoms with Gasteiger partial charge in [0, 0.05) is 118 Å². The van der Waals surface area contributed by atoms with Crippen LogP contribution in [0.2, 0.25) is 0 Å². The van der Waals surface area contributed by atoms with E-state index >= 15 is 0 Å². The van der Waals surface area contributed by atoms with Crippen molar-refractivity contribution < 1.29 is 51.4 Å². The van der Waals surface area contributed by atoms with Crippen LogP contribution in [0, 0.1) is 0 Å². The Balaban J connectivity index is -0.000000677. The molecule has 31 heteroatoms. The lowest BCUT2D eigenvalue weighted by molar-refractivity contribution is -0.109. The molecule has 0 saturated carbocycles. The number of rotatable bonds is 24. The number of aliphatic hydroxyl groups is 1. The molecule has 0 bridgehead atoms. The van der Waals surface area contributed by atoms with Crippen LogP contribution in [0.5, 0.6) is 0 Å². The van der Waals surface area contributed by atoms with Gasteiger partial charge >= 0.3 is 30.7 Å². The summed E-state index contributed by atoms with van der Waals surface area (Å²) in [5, 5.41) is 11.9. The van der Waals surface area contributed by atoms with Crippen LogP contribution in [-0.2, 0) is 41.4 Å². The molecule has 5 atom stereocenters. The third-order valence-corrected chi connectivity index (χ3v) is 15.1. The van der Waals surface area contributed by atoms with Crippen molar-refractivity contribution in [2.45, 2.75) is 19.1 Å². The highest BCUT2D eigenvalue weighted by molar-refractivity contribution is 7.55. The van der Waals surface area contributed by atoms with Crippen LogP contribution in [0.25, 0.3) is 0 Å². The number of carbonyl (C=O) groups excluding carboxylic acids is 2. The maximum atomic E-state index is 12.2. The quantitative estimate of drug-likeness (QED) is 0.0330. The standard InChI is InChI=1S/C7H15Cl2N2O3P.C7H13Cl2N2O2P.C6H13Cl2N2O3P.C4H11Cl2N2O2P.C3H4O/c8-2-4-11(5-3-9)15(13)10-7(12)1-6-14-15;8-2-5-11(6-3-9)14(12)10-4-1-7-13-14;7-1-3-10(4-2-8)14(9,12)13-6-5-11;5-1-3-8(4-2-6)11(7,9)10;1-2-3-4/h7,12H,1-6H2,(H,10,13);4H,1-3,5-7H2;5H,1-4,6H2,(H2,9,12);1-4H2,(H3,7,9,10);2-3H,1H2. The lowest BCUT2D eigenvalue weighted by Gasteiger charge is -2.35. The third-order valence-electron chi connectivity index (χ3n) is 6.40. The molecule has 5 unspecified atom stereocenters. The van der Waals surface area contributed by atoms with Gasteiger partial charge in [-0.05, 0) is 6.08 Å². The third kappa shape index (κ3) is 30.6. The molecule has 0 aliphatic carbocycles. The second kappa shape index (κ2) is 38.9. The summed E-state index contributed by atoms with van der Waals surface area (Å²) in [5.41, 5.74) is 10.4. The van der Waals surface area contributed by atoms with E-state index in [0.29, 0.717) is 94.8 Å². The summed E-state index contributed by atoms with van der Waals surface area (Å²) in [6.07, 6.45) is 4.30. The zero-order chi connectivity index (χ0) is 45.1. The lowest BCUT2D eigenvalue weighted by atomic mass is 10.4. The van der Waals surface area contributed by atoms with Crippen molar-refractivity contribution >= 4 is 142 Å². The number of hydrogen-bond donors (Lipinski definition) is 5. The monoisotopic (exact) mass is 1070 g/mol. The highest BCUT2D eigenvalue weighted by Crippen LogP contribution is 2.53. The molecule has 0 radical (unpaired) electrons. The Hall–Kier alpha value is 1.51. The molecule has 0 spiro atoms. The van der Waals surface area contributed by atoms with Crippen LogP contribution >= 0.6 is 123 Å². The first-order valence-corrected chi connectivity index (χ1v) is 27.7. The Labute approximate surface area is 381 Å². The van der Waals surface area contributed by atoms with Gasteiger partial charge in [0.05, 0.1) is 13.2 Å². The molecule has 2 aliphatic heterocycles. The van der Waals surface area contributed by atoms with E-state index in [9.17, 15) is 28.2 Å². The van der Waals surface area contributed by atoms with Crippen molar-refractivity contribution in [1.82, 2.24) is 23.8 Å². The molecule has 346 valence electrons. The van der Waals surface area contributed by atoms with E-state index in [-0.39, 0.29) is 49.8 Å². The van der Waals surface area contributed by atoms with E-state index in [2.05, 4.69) is 16.4 Å². The van der Waals surface area contributed by atoms with Crippen LogP contribution in [0.15, 0.2) is 17.4 Å². The minimum absolute atomic E-state index is 0.263. The Bertz CT molecular complexity index is 1280. The number of alkyl halides is 8. The zero-order valence-corrected chi connectivity index (χ0v) is 41.3. The number of carbonyl (C=O) groups is 2. The van der Waals surface area contributed by atoms with Gasteiger partial charge in [0.25, 0.3) is 0 Å². The maximum Gasteiger partial charge on any atom is 0.389 e. The molecule has 1 saturated heterocycles. The molecule has 0 amide bonds. The molecule has 1 fully saturated rings. The molecule has 58 heavy (non-hydrogen) atoms. The van der Waals surface area contributed by atoms with Crippen molar-refractivity contribution in [3.8, 4) is 0 Å². The predicted molar refractivity (Wildman–Crippen MR) is 240 cm³/mol. The number of halogens is 8. The minimum atomic E-state index is -3.64. The van der Waals surface area contributed by atoms with E-state index in [4.69, 9.17) is 127 Å². The smallest absolute Gasteiger partial charge is 0.378 e. The van der Waals surface area contributed by atoms with Crippen LogP contribution in [0.1, 0.15) is 12.8 Å². The first-order valence-electron chi connectivity index (χ1n) is 17.0. The predicted octanol–water partition coefficient (Wildman–Crippen LogP) is 5.81. The van der Waals surface area contributed by atoms with Crippen LogP contribution in [0.4, 0.5) is 0 Å². The molecule has 19 nitrogen and oxygen atoms in total. The van der Waals surface area contributed by atoms with Gasteiger partial charge in [-0.15, -0.1) is 92.8 Å². The normalized spacial score (nSPS) is 22.1. The van der Waals surface area contributed by atoms with Gasteiger partial charge in [0.2, 0.25) is 0 Å². The summed E-state index contributed by atoms with van der Waals surface area (Å²) in [5.74, 6) is 2.51. The van der Waals surface area contributed by atoms with Crippen molar-refractivity contribution in [3.63, 3.8) is 0 Å². The Morgan fingerprint density at radius 2 is 1.22 bits per heavy atom. The highest BCUT2D eigenvalue weighted by Gasteiger charge is 2.36. The molecule has 0 aromatic carbocycles. The van der Waals surface area contributed by atoms with Crippen molar-refractivity contribution in [1.29, 1.82) is 0 Å². The number of nitrogens with zero attached hydrogens (tertiary/aromatic N) is 5. The summed E-state index contributed by atoms with van der Waals surface area (Å²) in [4.78, 5) is 28.0. The molecule has 7 N–H and O–H groups in total. The summed E-state index contributed by atoms with van der Waals surface area (Å²) in [7, 11) is -13.2. The van der Waals surface area contributed by atoms with E-state index in [1.165, 1.54) is 15.4 Å². The van der Waals surface area contributed by atoms with Crippen molar-refractivity contribution in [2.75, 3.05) is 119 Å². The highest BCUT2D eigenvalue weighted by atomic mass is 35.5. The van der Waals surface area contributed by atoms with Gasteiger partial charge in [-0.25, -0.2) is 44.1 Å². The lowest BCUT2D eigenvalue weighted by Crippen LogP contribution is -2.41. The maximum absolute atomic E-state index is 12.2. The van der Waals surface area contributed by atoms with Crippen LogP contribution in [0.3, 0.4) is 0 Å². The van der Waals surface area contributed by atoms with Crippen molar-refractivity contribution in [3.05, 3.63) is 12.7 Å². The average Bonchev–Trinajstić information content (AvgIpc) is 3.17. The number of nitrogens with one attached hydrogen (secondary N) is 1. The summed E-state index contributed by atoms with van der Waals surface area (Å²) < 4.78 is 71.5. The van der Waals surface area contributed by atoms with Gasteiger partial charge in [-0.1, -0.05) is 6.58 Å². The zero-order valence-electron chi connectivity index (χ0n) is 31.7. The van der Waals surface area contributed by atoms with E-state index in [1.54, 1.807) is 15.6 Å². The number of nitrogens with two attached hydrogens (primary N) is 2. The van der Waals surface area contributed by atoms with Crippen LogP contribution in [-0.4, -0.2) is 173 Å². The van der Waals surface area contributed by atoms with Gasteiger partial charge < -0.3 is 23.8 Å². The second-order valence-electron chi connectivity index (χ2n) is 10.5. The fraction of sp³-hybridized carbons (Fsp3) is 0.815. The fourth-order valence-corrected chi connectivity index (χ4v) is 12.1. The number of aldehydes is 2. The Morgan fingerprint density at radius 1 is 0.793 bits per heavy atom. The Kier molecular flexibility index (Phi) is 42.8. The summed E-state index contributed by atoms with van der Waals surface area (Å²) >= 11 is 44.1. The molecule has 0 aromatic rings. The summed E-state index contributed by atoms with van der Waals surface area (Å²) in [6.45, 7) is 6.46. The molecular formula is C27H56Cl8N8O11P4. The van der Waals surface area contributed by atoms with Crippen LogP contribution < -0.4 is 16.1 Å². The van der Waals surface area contributed by atoms with Gasteiger partial charge in [-0.2, -0.15) is 0 Å². The Morgan fingerprint density at radius 3 is 1.57 bits per heavy atom. The first-order chi connectivity index (χ1) is 27.4. The second-order valence-corrected chi connectivity index (χ2v) is 21.4. The number of aliphatic hydroxyl groups excluding tert-OH is 1. The van der Waals surface area contributed by atoms with E-state index in [0.717, 1.165) is 0 Å². The largest absolute Gasteiger partial charge is 0.389 e. The molecule has 2 rings (SSSR count). The molecule has 2 heterocycles. The van der Waals surface area contributed by atoms with E-state index in [1.807, 2.05) is 0 Å². The summed E-state index contributed by atoms with van der Waals surface area (Å²) in [6, 6.07) is 0. The van der Waals surface area contributed by atoms with E-state index < -0.39 is 36.9 Å². The average molecular weight is 1080 g/mol. The number of hydrogen-bond acceptors (Lipinski definition) is 10.